The Hall–Kier alpha value is -0.0800. The lowest BCUT2D eigenvalue weighted by atomic mass is 9.98. The first-order valence-electron chi connectivity index (χ1n) is 6.49. The minimum absolute atomic E-state index is 0.538. The molecular formula is C13H27NO. The van der Waals surface area contributed by atoms with Gasteiger partial charge in [0.15, 0.2) is 0 Å². The highest BCUT2D eigenvalue weighted by atomic mass is 16.3. The molecule has 0 spiro atoms. The lowest BCUT2D eigenvalue weighted by Crippen LogP contribution is -2.41. The van der Waals surface area contributed by atoms with Gasteiger partial charge in [-0.25, -0.2) is 0 Å². The minimum atomic E-state index is -0.538. The average molecular weight is 213 g/mol. The highest BCUT2D eigenvalue weighted by Crippen LogP contribution is 2.28. The topological polar surface area (TPSA) is 32.3 Å². The highest BCUT2D eigenvalue weighted by Gasteiger charge is 2.21. The molecule has 2 heteroatoms. The van der Waals surface area contributed by atoms with Crippen molar-refractivity contribution in [1.29, 1.82) is 0 Å². The van der Waals surface area contributed by atoms with Crippen molar-refractivity contribution in [2.24, 2.45) is 5.92 Å². The van der Waals surface area contributed by atoms with Gasteiger partial charge in [-0.15, -0.1) is 0 Å². The van der Waals surface area contributed by atoms with Crippen LogP contribution in [0.1, 0.15) is 59.3 Å². The molecule has 0 aromatic heterocycles. The van der Waals surface area contributed by atoms with Gasteiger partial charge >= 0.3 is 0 Å². The van der Waals surface area contributed by atoms with Gasteiger partial charge in [-0.1, -0.05) is 32.6 Å². The van der Waals surface area contributed by atoms with Gasteiger partial charge in [-0.3, -0.25) is 0 Å². The maximum absolute atomic E-state index is 9.87. The normalized spacial score (nSPS) is 24.0. The Labute approximate surface area is 94.5 Å². The predicted octanol–water partition coefficient (Wildman–Crippen LogP) is 2.71. The fourth-order valence-electron chi connectivity index (χ4n) is 2.35. The Morgan fingerprint density at radius 1 is 1.40 bits per heavy atom. The van der Waals surface area contributed by atoms with Crippen molar-refractivity contribution in [3.05, 3.63) is 0 Å². The monoisotopic (exact) mass is 213 g/mol. The van der Waals surface area contributed by atoms with E-state index >= 15 is 0 Å². The molecule has 0 amide bonds. The van der Waals surface area contributed by atoms with Gasteiger partial charge in [0.05, 0.1) is 5.60 Å². The first kappa shape index (κ1) is 13.0. The third-order valence-corrected chi connectivity index (χ3v) is 3.75. The van der Waals surface area contributed by atoms with Gasteiger partial charge in [0.2, 0.25) is 0 Å². The second-order valence-corrected chi connectivity index (χ2v) is 5.52. The molecule has 1 fully saturated rings. The van der Waals surface area contributed by atoms with Gasteiger partial charge in [0.25, 0.3) is 0 Å². The second-order valence-electron chi connectivity index (χ2n) is 5.52. The fraction of sp³-hybridized carbons (Fsp3) is 1.00. The van der Waals surface area contributed by atoms with Crippen molar-refractivity contribution in [3.8, 4) is 0 Å². The van der Waals surface area contributed by atoms with E-state index in [4.69, 9.17) is 0 Å². The predicted molar refractivity (Wildman–Crippen MR) is 65.0 cm³/mol. The highest BCUT2D eigenvalue weighted by molar-refractivity contribution is 4.78. The average Bonchev–Trinajstić information content (AvgIpc) is 2.68. The van der Waals surface area contributed by atoms with E-state index in [-0.39, 0.29) is 0 Å². The second kappa shape index (κ2) is 5.86. The molecule has 0 bridgehead atoms. The quantitative estimate of drug-likeness (QED) is 0.711. The third kappa shape index (κ3) is 4.98. The van der Waals surface area contributed by atoms with Crippen LogP contribution >= 0.6 is 0 Å². The summed E-state index contributed by atoms with van der Waals surface area (Å²) in [6.45, 7) is 6.90. The lowest BCUT2D eigenvalue weighted by Gasteiger charge is -2.25. The van der Waals surface area contributed by atoms with E-state index in [0.717, 1.165) is 18.9 Å². The van der Waals surface area contributed by atoms with Gasteiger partial charge < -0.3 is 10.4 Å². The van der Waals surface area contributed by atoms with E-state index in [0.29, 0.717) is 6.04 Å². The summed E-state index contributed by atoms with van der Waals surface area (Å²) in [5.41, 5.74) is -0.538. The van der Waals surface area contributed by atoms with Crippen molar-refractivity contribution >= 4 is 0 Å². The van der Waals surface area contributed by atoms with Crippen LogP contribution in [0.4, 0.5) is 0 Å². The SMILES string of the molecule is CCC(C)(O)CNC(C)CC1CCCC1. The molecule has 2 atom stereocenters. The van der Waals surface area contributed by atoms with E-state index in [1.807, 2.05) is 13.8 Å². The Balaban J connectivity index is 2.15. The number of hydrogen-bond acceptors (Lipinski definition) is 2. The maximum atomic E-state index is 9.87. The fourth-order valence-corrected chi connectivity index (χ4v) is 2.35. The summed E-state index contributed by atoms with van der Waals surface area (Å²) in [6.07, 6.45) is 7.76. The van der Waals surface area contributed by atoms with Crippen molar-refractivity contribution in [2.75, 3.05) is 6.54 Å². The Morgan fingerprint density at radius 3 is 2.53 bits per heavy atom. The van der Waals surface area contributed by atoms with Crippen LogP contribution in [0.15, 0.2) is 0 Å². The molecule has 15 heavy (non-hydrogen) atoms. The van der Waals surface area contributed by atoms with Crippen LogP contribution in [0.5, 0.6) is 0 Å². The molecule has 2 unspecified atom stereocenters. The van der Waals surface area contributed by atoms with Crippen LogP contribution in [0.2, 0.25) is 0 Å². The van der Waals surface area contributed by atoms with E-state index in [9.17, 15) is 5.11 Å². The van der Waals surface area contributed by atoms with Crippen molar-refractivity contribution in [1.82, 2.24) is 5.32 Å². The van der Waals surface area contributed by atoms with Gasteiger partial charge in [-0.05, 0) is 32.6 Å². The Morgan fingerprint density at radius 2 is 2.00 bits per heavy atom. The maximum Gasteiger partial charge on any atom is 0.0741 e. The number of rotatable bonds is 6. The molecule has 1 aliphatic rings. The van der Waals surface area contributed by atoms with Crippen LogP contribution < -0.4 is 5.32 Å². The number of hydrogen-bond donors (Lipinski definition) is 2. The molecule has 0 aromatic rings. The smallest absolute Gasteiger partial charge is 0.0741 e. The zero-order valence-corrected chi connectivity index (χ0v) is 10.6. The molecule has 1 saturated carbocycles. The Kier molecular flexibility index (Phi) is 5.07. The van der Waals surface area contributed by atoms with E-state index in [1.54, 1.807) is 0 Å². The lowest BCUT2D eigenvalue weighted by molar-refractivity contribution is 0.0525. The van der Waals surface area contributed by atoms with Gasteiger partial charge in [-0.2, -0.15) is 0 Å². The molecule has 0 heterocycles. The van der Waals surface area contributed by atoms with Crippen molar-refractivity contribution < 1.29 is 5.11 Å². The Bertz CT molecular complexity index is 173. The number of nitrogens with one attached hydrogen (secondary N) is 1. The molecule has 0 radical (unpaired) electrons. The van der Waals surface area contributed by atoms with Crippen LogP contribution in [0, 0.1) is 5.92 Å². The first-order chi connectivity index (χ1) is 7.03. The van der Waals surface area contributed by atoms with Crippen molar-refractivity contribution in [2.45, 2.75) is 70.9 Å². The van der Waals surface area contributed by atoms with Crippen LogP contribution in [0.25, 0.3) is 0 Å². The summed E-state index contributed by atoms with van der Waals surface area (Å²) in [5, 5.41) is 13.3. The summed E-state index contributed by atoms with van der Waals surface area (Å²) in [7, 11) is 0. The van der Waals surface area contributed by atoms with E-state index in [1.165, 1.54) is 32.1 Å². The molecule has 0 aliphatic heterocycles. The molecular weight excluding hydrogens is 186 g/mol. The van der Waals surface area contributed by atoms with E-state index < -0.39 is 5.60 Å². The van der Waals surface area contributed by atoms with Crippen LogP contribution in [-0.2, 0) is 0 Å². The molecule has 1 aliphatic carbocycles. The summed E-state index contributed by atoms with van der Waals surface area (Å²) < 4.78 is 0. The third-order valence-electron chi connectivity index (χ3n) is 3.75. The first-order valence-corrected chi connectivity index (χ1v) is 6.49. The molecule has 90 valence electrons. The molecule has 2 nitrogen and oxygen atoms in total. The summed E-state index contributed by atoms with van der Waals surface area (Å²) in [5.74, 6) is 0.930. The minimum Gasteiger partial charge on any atom is -0.389 e. The molecule has 1 rings (SSSR count). The van der Waals surface area contributed by atoms with Crippen LogP contribution in [-0.4, -0.2) is 23.3 Å². The summed E-state index contributed by atoms with van der Waals surface area (Å²) >= 11 is 0. The zero-order chi connectivity index (χ0) is 11.3. The van der Waals surface area contributed by atoms with E-state index in [2.05, 4.69) is 12.2 Å². The molecule has 0 saturated heterocycles. The van der Waals surface area contributed by atoms with Gasteiger partial charge in [0.1, 0.15) is 0 Å². The summed E-state index contributed by atoms with van der Waals surface area (Å²) in [4.78, 5) is 0. The van der Waals surface area contributed by atoms with Gasteiger partial charge in [0, 0.05) is 12.6 Å². The summed E-state index contributed by atoms with van der Waals surface area (Å²) in [6, 6.07) is 0.547. The number of aliphatic hydroxyl groups is 1. The standard InChI is InChI=1S/C13H27NO/c1-4-13(3,15)10-14-11(2)9-12-7-5-6-8-12/h11-12,14-15H,4-10H2,1-3H3. The van der Waals surface area contributed by atoms with Crippen LogP contribution in [0.3, 0.4) is 0 Å². The molecule has 0 aromatic carbocycles. The zero-order valence-electron chi connectivity index (χ0n) is 10.6. The molecule has 2 N–H and O–H groups in total. The van der Waals surface area contributed by atoms with Crippen molar-refractivity contribution in [3.63, 3.8) is 0 Å². The largest absolute Gasteiger partial charge is 0.389 e.